The molecular weight excluding hydrogens is 246 g/mol. The Bertz CT molecular complexity index is 359. The first kappa shape index (κ1) is 13.9. The Morgan fingerprint density at radius 3 is 3.06 bits per heavy atom. The van der Waals surface area contributed by atoms with Crippen LogP contribution >= 0.6 is 11.8 Å². The van der Waals surface area contributed by atoms with Gasteiger partial charge in [0.15, 0.2) is 0 Å². The van der Waals surface area contributed by atoms with Crippen LogP contribution in [0.25, 0.3) is 0 Å². The van der Waals surface area contributed by atoms with Gasteiger partial charge in [-0.25, -0.2) is 0 Å². The first-order valence-corrected chi connectivity index (χ1v) is 7.39. The lowest BCUT2D eigenvalue weighted by Gasteiger charge is -2.12. The van der Waals surface area contributed by atoms with Crippen molar-refractivity contribution in [2.45, 2.75) is 10.8 Å². The zero-order valence-electron chi connectivity index (χ0n) is 10.9. The van der Waals surface area contributed by atoms with Crippen LogP contribution in [0, 0.1) is 0 Å². The number of nitrogens with one attached hydrogen (secondary N) is 1. The third-order valence-electron chi connectivity index (χ3n) is 3.04. The molecule has 0 saturated carbocycles. The number of hydrogen-bond donors (Lipinski definition) is 1. The molecule has 1 heterocycles. The zero-order chi connectivity index (χ0) is 12.6. The summed E-state index contributed by atoms with van der Waals surface area (Å²) < 4.78 is 10.3. The van der Waals surface area contributed by atoms with Gasteiger partial charge in [0.05, 0.1) is 19.8 Å². The molecule has 100 valence electrons. The van der Waals surface area contributed by atoms with E-state index in [4.69, 9.17) is 9.47 Å². The normalized spacial score (nSPS) is 17.9. The van der Waals surface area contributed by atoms with Crippen LogP contribution in [0.1, 0.15) is 11.5 Å². The first-order valence-electron chi connectivity index (χ1n) is 6.41. The number of fused-ring (bicyclic) bond motifs is 1. The number of benzene rings is 1. The van der Waals surface area contributed by atoms with E-state index in [-0.39, 0.29) is 0 Å². The summed E-state index contributed by atoms with van der Waals surface area (Å²) >= 11 is 1.96. The van der Waals surface area contributed by atoms with Crippen molar-refractivity contribution in [2.75, 3.05) is 45.8 Å². The van der Waals surface area contributed by atoms with E-state index in [0.717, 1.165) is 19.7 Å². The minimum Gasteiger partial charge on any atom is -0.382 e. The largest absolute Gasteiger partial charge is 0.382 e. The van der Waals surface area contributed by atoms with E-state index in [0.29, 0.717) is 19.1 Å². The van der Waals surface area contributed by atoms with E-state index < -0.39 is 0 Å². The summed E-state index contributed by atoms with van der Waals surface area (Å²) in [4.78, 5) is 1.45. The molecule has 0 spiro atoms. The van der Waals surface area contributed by atoms with Crippen molar-refractivity contribution < 1.29 is 9.47 Å². The average Bonchev–Trinajstić information content (AvgIpc) is 2.81. The van der Waals surface area contributed by atoms with Gasteiger partial charge in [-0.1, -0.05) is 18.2 Å². The molecule has 1 aromatic carbocycles. The maximum atomic E-state index is 5.42. The predicted molar refractivity (Wildman–Crippen MR) is 75.5 cm³/mol. The summed E-state index contributed by atoms with van der Waals surface area (Å²) in [6, 6.07) is 8.71. The molecule has 0 saturated heterocycles. The third kappa shape index (κ3) is 3.99. The summed E-state index contributed by atoms with van der Waals surface area (Å²) in [5, 5.41) is 3.47. The van der Waals surface area contributed by atoms with Gasteiger partial charge in [0.2, 0.25) is 0 Å². The second-order valence-electron chi connectivity index (χ2n) is 4.36. The molecule has 18 heavy (non-hydrogen) atoms. The molecule has 1 unspecified atom stereocenters. The molecule has 0 radical (unpaired) electrons. The summed E-state index contributed by atoms with van der Waals surface area (Å²) in [6.07, 6.45) is 0. The van der Waals surface area contributed by atoms with E-state index in [2.05, 4.69) is 29.6 Å². The molecule has 0 amide bonds. The van der Waals surface area contributed by atoms with Gasteiger partial charge in [0.1, 0.15) is 0 Å². The molecule has 1 aromatic rings. The van der Waals surface area contributed by atoms with Crippen LogP contribution in [0.2, 0.25) is 0 Å². The minimum atomic E-state index is 0.644. The highest BCUT2D eigenvalue weighted by Crippen LogP contribution is 2.38. The van der Waals surface area contributed by atoms with Crippen molar-refractivity contribution in [3.63, 3.8) is 0 Å². The highest BCUT2D eigenvalue weighted by atomic mass is 32.2. The zero-order valence-corrected chi connectivity index (χ0v) is 11.7. The Labute approximate surface area is 113 Å². The van der Waals surface area contributed by atoms with Crippen molar-refractivity contribution in [1.82, 2.24) is 5.32 Å². The van der Waals surface area contributed by atoms with Gasteiger partial charge >= 0.3 is 0 Å². The summed E-state index contributed by atoms with van der Waals surface area (Å²) in [7, 11) is 1.69. The molecule has 4 heteroatoms. The number of thioether (sulfide) groups is 1. The van der Waals surface area contributed by atoms with Crippen LogP contribution in [-0.4, -0.2) is 45.8 Å². The van der Waals surface area contributed by atoms with Crippen molar-refractivity contribution in [1.29, 1.82) is 0 Å². The third-order valence-corrected chi connectivity index (χ3v) is 4.30. The van der Waals surface area contributed by atoms with Crippen molar-refractivity contribution in [3.8, 4) is 0 Å². The molecule has 1 aliphatic heterocycles. The van der Waals surface area contributed by atoms with E-state index >= 15 is 0 Å². The van der Waals surface area contributed by atoms with E-state index in [1.165, 1.54) is 16.2 Å². The Kier molecular flexibility index (Phi) is 6.00. The number of hydrogen-bond acceptors (Lipinski definition) is 4. The van der Waals surface area contributed by atoms with Gasteiger partial charge in [0, 0.05) is 36.8 Å². The minimum absolute atomic E-state index is 0.644. The van der Waals surface area contributed by atoms with Crippen molar-refractivity contribution >= 4 is 11.8 Å². The number of ether oxygens (including phenoxy) is 2. The quantitative estimate of drug-likeness (QED) is 0.731. The van der Waals surface area contributed by atoms with Gasteiger partial charge in [-0.2, -0.15) is 0 Å². The summed E-state index contributed by atoms with van der Waals surface area (Å²) in [6.45, 7) is 4.06. The Hall–Kier alpha value is -0.550. The smallest absolute Gasteiger partial charge is 0.0700 e. The van der Waals surface area contributed by atoms with Crippen LogP contribution in [0.15, 0.2) is 29.2 Å². The topological polar surface area (TPSA) is 30.5 Å². The van der Waals surface area contributed by atoms with Gasteiger partial charge in [0.25, 0.3) is 0 Å². The maximum Gasteiger partial charge on any atom is 0.0700 e. The van der Waals surface area contributed by atoms with Crippen LogP contribution in [-0.2, 0) is 9.47 Å². The fraction of sp³-hybridized carbons (Fsp3) is 0.571. The SMILES string of the molecule is COCCOCCNCC1CSc2ccccc21. The Balaban J connectivity index is 1.61. The lowest BCUT2D eigenvalue weighted by atomic mass is 10.0. The van der Waals surface area contributed by atoms with E-state index in [9.17, 15) is 0 Å². The summed E-state index contributed by atoms with van der Waals surface area (Å²) in [5.74, 6) is 1.84. The lowest BCUT2D eigenvalue weighted by molar-refractivity contribution is 0.0719. The van der Waals surface area contributed by atoms with Crippen LogP contribution in [0.4, 0.5) is 0 Å². The maximum absolute atomic E-state index is 5.42. The van der Waals surface area contributed by atoms with E-state index in [1.807, 2.05) is 11.8 Å². The fourth-order valence-electron chi connectivity index (χ4n) is 2.06. The molecule has 1 atom stereocenters. The fourth-order valence-corrected chi connectivity index (χ4v) is 3.32. The molecular formula is C14H21NO2S. The molecule has 3 nitrogen and oxygen atoms in total. The molecule has 1 N–H and O–H groups in total. The molecule has 0 fully saturated rings. The van der Waals surface area contributed by atoms with Gasteiger partial charge < -0.3 is 14.8 Å². The monoisotopic (exact) mass is 267 g/mol. The first-order chi connectivity index (χ1) is 8.92. The van der Waals surface area contributed by atoms with Gasteiger partial charge in [-0.3, -0.25) is 0 Å². The molecule has 0 aromatic heterocycles. The predicted octanol–water partition coefficient (Wildman–Crippen LogP) is 2.13. The molecule has 0 aliphatic carbocycles. The number of rotatable bonds is 8. The second-order valence-corrected chi connectivity index (χ2v) is 5.42. The van der Waals surface area contributed by atoms with Crippen LogP contribution in [0.3, 0.4) is 0 Å². The summed E-state index contributed by atoms with van der Waals surface area (Å²) in [5.41, 5.74) is 1.50. The van der Waals surface area contributed by atoms with Crippen LogP contribution < -0.4 is 5.32 Å². The lowest BCUT2D eigenvalue weighted by Crippen LogP contribution is -2.25. The Morgan fingerprint density at radius 1 is 1.28 bits per heavy atom. The highest BCUT2D eigenvalue weighted by Gasteiger charge is 2.21. The standard InChI is InChI=1S/C14H21NO2S/c1-16-8-9-17-7-6-15-10-12-11-18-14-5-3-2-4-13(12)14/h2-5,12,15H,6-11H2,1H3. The van der Waals surface area contributed by atoms with Crippen molar-refractivity contribution in [3.05, 3.63) is 29.8 Å². The van der Waals surface area contributed by atoms with E-state index in [1.54, 1.807) is 7.11 Å². The average molecular weight is 267 g/mol. The van der Waals surface area contributed by atoms with Gasteiger partial charge in [-0.15, -0.1) is 11.8 Å². The van der Waals surface area contributed by atoms with Crippen molar-refractivity contribution in [2.24, 2.45) is 0 Å². The molecule has 2 rings (SSSR count). The molecule has 0 bridgehead atoms. The second kappa shape index (κ2) is 7.79. The molecule has 1 aliphatic rings. The Morgan fingerprint density at radius 2 is 2.17 bits per heavy atom. The number of methoxy groups -OCH3 is 1. The highest BCUT2D eigenvalue weighted by molar-refractivity contribution is 7.99. The van der Waals surface area contributed by atoms with Crippen LogP contribution in [0.5, 0.6) is 0 Å². The van der Waals surface area contributed by atoms with Gasteiger partial charge in [-0.05, 0) is 11.6 Å².